The zero-order chi connectivity index (χ0) is 10.4. The van der Waals surface area contributed by atoms with E-state index in [2.05, 4.69) is 5.32 Å². The molecular weight excluding hydrogens is 182 g/mol. The smallest absolute Gasteiger partial charge is 0.287 e. The molecule has 0 saturated carbocycles. The lowest BCUT2D eigenvalue weighted by atomic mass is 10.2. The topological polar surface area (TPSA) is 62.5 Å². The van der Waals surface area contributed by atoms with Crippen LogP contribution in [-0.4, -0.2) is 24.2 Å². The second-order valence-corrected chi connectivity index (χ2v) is 3.12. The Bertz CT molecular complexity index is 293. The van der Waals surface area contributed by atoms with Crippen LogP contribution in [0.1, 0.15) is 29.0 Å². The molecule has 1 rings (SSSR count). The van der Waals surface area contributed by atoms with E-state index in [-0.39, 0.29) is 12.5 Å². The van der Waals surface area contributed by atoms with Gasteiger partial charge in [0, 0.05) is 18.7 Å². The molecule has 0 spiro atoms. The van der Waals surface area contributed by atoms with E-state index in [1.54, 1.807) is 6.07 Å². The van der Waals surface area contributed by atoms with Crippen molar-refractivity contribution in [2.45, 2.75) is 19.8 Å². The number of unbranched alkanes of at least 4 members (excludes halogenated alkanes) is 1. The lowest BCUT2D eigenvalue weighted by molar-refractivity contribution is 0.0923. The maximum Gasteiger partial charge on any atom is 0.287 e. The van der Waals surface area contributed by atoms with Gasteiger partial charge in [0.2, 0.25) is 0 Å². The zero-order valence-corrected chi connectivity index (χ0v) is 8.25. The normalized spacial score (nSPS) is 10.1. The SMILES string of the molecule is Cc1ccoc1C(=O)NCCCCO. The first kappa shape index (κ1) is 10.8. The number of furan rings is 1. The average Bonchev–Trinajstić information content (AvgIpc) is 2.59. The molecule has 0 radical (unpaired) electrons. The minimum absolute atomic E-state index is 0.162. The van der Waals surface area contributed by atoms with Crippen LogP contribution in [0.25, 0.3) is 0 Å². The molecule has 0 bridgehead atoms. The number of aryl methyl sites for hydroxylation is 1. The fourth-order valence-electron chi connectivity index (χ4n) is 1.12. The van der Waals surface area contributed by atoms with Gasteiger partial charge in [-0.2, -0.15) is 0 Å². The predicted octanol–water partition coefficient (Wildman–Crippen LogP) is 1.09. The van der Waals surface area contributed by atoms with Crippen LogP contribution in [0.15, 0.2) is 16.7 Å². The Hall–Kier alpha value is -1.29. The monoisotopic (exact) mass is 197 g/mol. The molecule has 1 aromatic heterocycles. The van der Waals surface area contributed by atoms with Gasteiger partial charge in [0.1, 0.15) is 0 Å². The molecule has 0 aliphatic rings. The fourth-order valence-corrected chi connectivity index (χ4v) is 1.12. The molecule has 0 atom stereocenters. The largest absolute Gasteiger partial charge is 0.459 e. The quantitative estimate of drug-likeness (QED) is 0.694. The van der Waals surface area contributed by atoms with E-state index >= 15 is 0 Å². The number of hydrogen-bond acceptors (Lipinski definition) is 3. The van der Waals surface area contributed by atoms with Crippen LogP contribution in [-0.2, 0) is 0 Å². The van der Waals surface area contributed by atoms with Gasteiger partial charge in [0.25, 0.3) is 5.91 Å². The third kappa shape index (κ3) is 2.88. The molecule has 0 fully saturated rings. The first-order chi connectivity index (χ1) is 6.75. The van der Waals surface area contributed by atoms with E-state index in [9.17, 15) is 4.79 Å². The van der Waals surface area contributed by atoms with Gasteiger partial charge in [-0.15, -0.1) is 0 Å². The van der Waals surface area contributed by atoms with Crippen molar-refractivity contribution in [3.05, 3.63) is 23.7 Å². The summed E-state index contributed by atoms with van der Waals surface area (Å²) < 4.78 is 5.02. The van der Waals surface area contributed by atoms with Crippen molar-refractivity contribution in [1.29, 1.82) is 0 Å². The lowest BCUT2D eigenvalue weighted by Gasteiger charge is -2.02. The van der Waals surface area contributed by atoms with E-state index in [4.69, 9.17) is 9.52 Å². The van der Waals surface area contributed by atoms with Gasteiger partial charge in [-0.25, -0.2) is 0 Å². The maximum atomic E-state index is 11.4. The number of hydrogen-bond donors (Lipinski definition) is 2. The molecule has 0 unspecified atom stereocenters. The van der Waals surface area contributed by atoms with Crippen molar-refractivity contribution in [3.63, 3.8) is 0 Å². The summed E-state index contributed by atoms with van der Waals surface area (Å²) in [5.41, 5.74) is 0.838. The third-order valence-corrected chi connectivity index (χ3v) is 1.94. The molecule has 1 amide bonds. The van der Waals surface area contributed by atoms with Crippen LogP contribution in [0.3, 0.4) is 0 Å². The predicted molar refractivity (Wildman–Crippen MR) is 52.1 cm³/mol. The molecule has 4 nitrogen and oxygen atoms in total. The summed E-state index contributed by atoms with van der Waals surface area (Å²) in [5, 5.41) is 11.2. The Kier molecular flexibility index (Phi) is 4.19. The number of carbonyl (C=O) groups is 1. The van der Waals surface area contributed by atoms with Crippen LogP contribution in [0.4, 0.5) is 0 Å². The summed E-state index contributed by atoms with van der Waals surface area (Å²) in [6.07, 6.45) is 2.98. The van der Waals surface area contributed by atoms with Gasteiger partial charge in [-0.1, -0.05) is 0 Å². The van der Waals surface area contributed by atoms with Gasteiger partial charge < -0.3 is 14.8 Å². The summed E-state index contributed by atoms with van der Waals surface area (Å²) in [5.74, 6) is 0.180. The standard InChI is InChI=1S/C10H15NO3/c1-8-4-7-14-9(8)10(13)11-5-2-3-6-12/h4,7,12H,2-3,5-6H2,1H3,(H,11,13). The van der Waals surface area contributed by atoms with Crippen LogP contribution in [0.2, 0.25) is 0 Å². The summed E-state index contributed by atoms with van der Waals surface area (Å²) in [4.78, 5) is 11.4. The summed E-state index contributed by atoms with van der Waals surface area (Å²) in [7, 11) is 0. The first-order valence-corrected chi connectivity index (χ1v) is 4.69. The highest BCUT2D eigenvalue weighted by atomic mass is 16.3. The van der Waals surface area contributed by atoms with Gasteiger partial charge in [0.15, 0.2) is 5.76 Å². The molecular formula is C10H15NO3. The van der Waals surface area contributed by atoms with Crippen LogP contribution in [0.5, 0.6) is 0 Å². The molecule has 0 aliphatic carbocycles. The van der Waals surface area contributed by atoms with E-state index in [0.29, 0.717) is 18.7 Å². The van der Waals surface area contributed by atoms with Crippen molar-refractivity contribution in [1.82, 2.24) is 5.32 Å². The number of amides is 1. The molecule has 0 saturated heterocycles. The van der Waals surface area contributed by atoms with E-state index in [1.165, 1.54) is 6.26 Å². The molecule has 4 heteroatoms. The maximum absolute atomic E-state index is 11.4. The van der Waals surface area contributed by atoms with E-state index in [0.717, 1.165) is 12.0 Å². The van der Waals surface area contributed by atoms with Gasteiger partial charge in [-0.3, -0.25) is 4.79 Å². The van der Waals surface area contributed by atoms with Gasteiger partial charge in [0.05, 0.1) is 6.26 Å². The Morgan fingerprint density at radius 1 is 1.57 bits per heavy atom. The lowest BCUT2D eigenvalue weighted by Crippen LogP contribution is -2.24. The van der Waals surface area contributed by atoms with Crippen molar-refractivity contribution >= 4 is 5.91 Å². The fraction of sp³-hybridized carbons (Fsp3) is 0.500. The molecule has 14 heavy (non-hydrogen) atoms. The van der Waals surface area contributed by atoms with Crippen molar-refractivity contribution in [2.24, 2.45) is 0 Å². The highest BCUT2D eigenvalue weighted by molar-refractivity contribution is 5.92. The van der Waals surface area contributed by atoms with Crippen LogP contribution in [0, 0.1) is 6.92 Å². The number of aliphatic hydroxyl groups is 1. The second kappa shape index (κ2) is 5.44. The molecule has 2 N–H and O–H groups in total. The zero-order valence-electron chi connectivity index (χ0n) is 8.25. The number of rotatable bonds is 5. The van der Waals surface area contributed by atoms with Crippen LogP contribution >= 0.6 is 0 Å². The van der Waals surface area contributed by atoms with Crippen molar-refractivity contribution < 1.29 is 14.3 Å². The molecule has 0 aliphatic heterocycles. The van der Waals surface area contributed by atoms with Crippen molar-refractivity contribution in [3.8, 4) is 0 Å². The second-order valence-electron chi connectivity index (χ2n) is 3.12. The van der Waals surface area contributed by atoms with Gasteiger partial charge >= 0.3 is 0 Å². The third-order valence-electron chi connectivity index (χ3n) is 1.94. The Balaban J connectivity index is 2.32. The van der Waals surface area contributed by atoms with Crippen LogP contribution < -0.4 is 5.32 Å². The number of aliphatic hydroxyl groups excluding tert-OH is 1. The highest BCUT2D eigenvalue weighted by Crippen LogP contribution is 2.07. The molecule has 1 aromatic rings. The summed E-state index contributed by atoms with van der Waals surface area (Å²) in [6, 6.07) is 1.75. The first-order valence-electron chi connectivity index (χ1n) is 4.69. The summed E-state index contributed by atoms with van der Waals surface area (Å²) >= 11 is 0. The Morgan fingerprint density at radius 2 is 2.36 bits per heavy atom. The van der Waals surface area contributed by atoms with E-state index < -0.39 is 0 Å². The van der Waals surface area contributed by atoms with Gasteiger partial charge in [-0.05, 0) is 25.8 Å². The molecule has 78 valence electrons. The highest BCUT2D eigenvalue weighted by Gasteiger charge is 2.10. The number of nitrogens with one attached hydrogen (secondary N) is 1. The molecule has 0 aromatic carbocycles. The number of carbonyl (C=O) groups excluding carboxylic acids is 1. The minimum Gasteiger partial charge on any atom is -0.459 e. The Morgan fingerprint density at radius 3 is 2.93 bits per heavy atom. The van der Waals surface area contributed by atoms with Crippen molar-refractivity contribution in [2.75, 3.05) is 13.2 Å². The minimum atomic E-state index is -0.189. The summed E-state index contributed by atoms with van der Waals surface area (Å²) in [6.45, 7) is 2.56. The average molecular weight is 197 g/mol. The van der Waals surface area contributed by atoms with E-state index in [1.807, 2.05) is 6.92 Å². The Labute approximate surface area is 82.9 Å². The molecule has 1 heterocycles.